The lowest BCUT2D eigenvalue weighted by molar-refractivity contribution is 0.494. The zero-order chi connectivity index (χ0) is 37.9. The third kappa shape index (κ3) is 5.35. The van der Waals surface area contributed by atoms with Crippen molar-refractivity contribution in [3.63, 3.8) is 0 Å². The second-order valence-corrected chi connectivity index (χ2v) is 19.2. The summed E-state index contributed by atoms with van der Waals surface area (Å²) in [6, 6.07) is 54.5. The molecule has 0 N–H and O–H groups in total. The average molecular weight is 771 g/mol. The molecule has 4 heterocycles. The Labute approximate surface area is 324 Å². The van der Waals surface area contributed by atoms with Gasteiger partial charge >= 0.3 is 0 Å². The van der Waals surface area contributed by atoms with Crippen molar-refractivity contribution in [1.29, 1.82) is 0 Å². The van der Waals surface area contributed by atoms with E-state index in [9.17, 15) is 19.2 Å². The normalized spacial score (nSPS) is 21.3. The monoisotopic (exact) mass is 770 g/mol. The van der Waals surface area contributed by atoms with Crippen molar-refractivity contribution < 1.29 is 0 Å². The van der Waals surface area contributed by atoms with Gasteiger partial charge in [0.1, 0.15) is 23.1 Å². The van der Waals surface area contributed by atoms with Gasteiger partial charge in [0.05, 0.1) is 21.5 Å². The van der Waals surface area contributed by atoms with Crippen molar-refractivity contribution in [2.24, 2.45) is 0 Å². The van der Waals surface area contributed by atoms with E-state index in [4.69, 9.17) is 0 Å². The van der Waals surface area contributed by atoms with Gasteiger partial charge in [-0.3, -0.25) is 19.2 Å². The summed E-state index contributed by atoms with van der Waals surface area (Å²) in [6.07, 6.45) is 1.35. The summed E-state index contributed by atoms with van der Waals surface area (Å²) >= 11 is 0. The summed E-state index contributed by atoms with van der Waals surface area (Å²) < 4.78 is 6.96. The van der Waals surface area contributed by atoms with E-state index in [1.807, 2.05) is 97.1 Å². The van der Waals surface area contributed by atoms with Crippen molar-refractivity contribution in [3.8, 4) is 0 Å². The van der Waals surface area contributed by atoms with Crippen LogP contribution in [0, 0.1) is 0 Å². The lowest BCUT2D eigenvalue weighted by atomic mass is 10.2. The maximum atomic E-state index is 14.7. The molecule has 0 saturated carbocycles. The highest BCUT2D eigenvalue weighted by atomic mass is 31.1. The maximum absolute atomic E-state index is 14.7. The number of aromatic nitrogens is 4. The molecule has 274 valence electrons. The standard InChI is InChI=1S/C46H36N4O4P2/c51-39-35-25-13-14-26-36(35)40(52)48-44(32-19-7-2-8-20-32)55(43(47(39)48)31-17-5-1-6-18-31)29-30-56-45(33-21-9-3-10-22-33)49-41(53)37-27-15-16-28-38(37)42(54)50(49)46(56)34-23-11-4-12-24-34/h1-28,43-46H,29-30H2/t43-,44?,45-,46?,55?,56?/m0/s1. The number of fused-ring (bicyclic) bond motifs is 4. The first-order chi connectivity index (χ1) is 27.5. The van der Waals surface area contributed by atoms with Crippen molar-refractivity contribution in [1.82, 2.24) is 18.7 Å². The Morgan fingerprint density at radius 3 is 0.714 bits per heavy atom. The van der Waals surface area contributed by atoms with Gasteiger partial charge in [0.2, 0.25) is 0 Å². The molecule has 10 heteroatoms. The van der Waals surface area contributed by atoms with Crippen LogP contribution in [0.3, 0.4) is 0 Å². The van der Waals surface area contributed by atoms with Gasteiger partial charge in [-0.2, -0.15) is 0 Å². The summed E-state index contributed by atoms with van der Waals surface area (Å²) in [6.45, 7) is 0. The van der Waals surface area contributed by atoms with Crippen LogP contribution in [0.5, 0.6) is 0 Å². The van der Waals surface area contributed by atoms with E-state index in [-0.39, 0.29) is 45.4 Å². The van der Waals surface area contributed by atoms with Crippen LogP contribution in [0.4, 0.5) is 0 Å². The van der Waals surface area contributed by atoms with E-state index < -0.39 is 15.8 Å². The zero-order valence-corrected chi connectivity index (χ0v) is 32.0. The number of nitrogens with zero attached hydrogens (tertiary/aromatic N) is 4. The molecule has 0 radical (unpaired) electrons. The van der Waals surface area contributed by atoms with E-state index in [1.54, 1.807) is 43.0 Å². The van der Waals surface area contributed by atoms with Crippen LogP contribution >= 0.6 is 15.8 Å². The minimum Gasteiger partial charge on any atom is -0.267 e. The van der Waals surface area contributed by atoms with E-state index >= 15 is 0 Å². The fourth-order valence-corrected chi connectivity index (χ4v) is 16.5. The van der Waals surface area contributed by atoms with Crippen LogP contribution in [-0.2, 0) is 0 Å². The highest BCUT2D eigenvalue weighted by Crippen LogP contribution is 2.71. The summed E-state index contributed by atoms with van der Waals surface area (Å²) in [5, 5.41) is 1.64. The van der Waals surface area contributed by atoms with E-state index in [0.29, 0.717) is 33.9 Å². The molecule has 56 heavy (non-hydrogen) atoms. The second-order valence-electron chi connectivity index (χ2n) is 14.3. The fourth-order valence-electron chi connectivity index (χ4n) is 8.89. The molecule has 4 unspecified atom stereocenters. The van der Waals surface area contributed by atoms with Crippen LogP contribution in [0.1, 0.15) is 45.4 Å². The number of hydrogen-bond donors (Lipinski definition) is 0. The van der Waals surface area contributed by atoms with Crippen LogP contribution < -0.4 is 22.2 Å². The van der Waals surface area contributed by atoms with Gasteiger partial charge in [-0.05, 0) is 74.7 Å². The molecule has 0 amide bonds. The minimum atomic E-state index is -1.19. The smallest absolute Gasteiger partial charge is 0.267 e. The molecule has 6 atom stereocenters. The largest absolute Gasteiger partial charge is 0.274 e. The Bertz CT molecular complexity index is 2600. The topological polar surface area (TPSA) is 88.0 Å². The van der Waals surface area contributed by atoms with Gasteiger partial charge in [-0.1, -0.05) is 146 Å². The molecule has 8 nitrogen and oxygen atoms in total. The molecular weight excluding hydrogens is 734 g/mol. The molecule has 0 fully saturated rings. The van der Waals surface area contributed by atoms with Crippen LogP contribution in [-0.4, -0.2) is 31.1 Å². The molecule has 0 bridgehead atoms. The number of hydrogen-bond acceptors (Lipinski definition) is 4. The molecule has 0 spiro atoms. The highest BCUT2D eigenvalue weighted by Gasteiger charge is 2.48. The van der Waals surface area contributed by atoms with Crippen molar-refractivity contribution in [2.45, 2.75) is 23.1 Å². The first kappa shape index (κ1) is 34.5. The van der Waals surface area contributed by atoms with Crippen LogP contribution in [0.15, 0.2) is 189 Å². The first-order valence-corrected chi connectivity index (χ1v) is 22.1. The van der Waals surface area contributed by atoms with Crippen molar-refractivity contribution >= 4 is 37.4 Å². The van der Waals surface area contributed by atoms with Gasteiger partial charge in [0.25, 0.3) is 22.2 Å². The Morgan fingerprint density at radius 1 is 0.304 bits per heavy atom. The molecule has 8 aromatic rings. The molecule has 2 aliphatic rings. The predicted molar refractivity (Wildman–Crippen MR) is 227 cm³/mol. The maximum Gasteiger partial charge on any atom is 0.274 e. The Hall–Kier alpha value is -5.94. The first-order valence-electron chi connectivity index (χ1n) is 18.8. The molecule has 2 aromatic heterocycles. The Kier molecular flexibility index (Phi) is 8.62. The summed E-state index contributed by atoms with van der Waals surface area (Å²) in [7, 11) is -2.39. The zero-order valence-electron chi connectivity index (χ0n) is 30.2. The molecular formula is C46H36N4O4P2. The minimum absolute atomic E-state index is 0.187. The van der Waals surface area contributed by atoms with Gasteiger partial charge < -0.3 is 0 Å². The average Bonchev–Trinajstić information content (AvgIpc) is 3.79. The molecule has 2 aliphatic heterocycles. The summed E-state index contributed by atoms with van der Waals surface area (Å²) in [5.74, 6) is -1.56. The fraction of sp³-hybridized carbons (Fsp3) is 0.130. The number of rotatable bonds is 7. The lowest BCUT2D eigenvalue weighted by Gasteiger charge is -2.30. The Balaban J connectivity index is 1.20. The van der Waals surface area contributed by atoms with E-state index in [0.717, 1.165) is 22.3 Å². The molecule has 0 aliphatic carbocycles. The SMILES string of the molecule is O=c1c2ccccc2c(=O)n2n1C(c1ccccc1)P(CCP1C(c3ccccc3)n3c(=O)c4ccccc4c(=O)n3[C@@H]1c1ccccc1)[C@H]2c1ccccc1. The van der Waals surface area contributed by atoms with Crippen LogP contribution in [0.2, 0.25) is 0 Å². The lowest BCUT2D eigenvalue weighted by Crippen LogP contribution is -2.37. The quantitative estimate of drug-likeness (QED) is 0.152. The summed E-state index contributed by atoms with van der Waals surface area (Å²) in [4.78, 5) is 58.8. The second kappa shape index (κ2) is 14.0. The van der Waals surface area contributed by atoms with Gasteiger partial charge in [-0.15, -0.1) is 0 Å². The third-order valence-corrected chi connectivity index (χ3v) is 17.7. The van der Waals surface area contributed by atoms with Gasteiger partial charge in [-0.25, -0.2) is 18.7 Å². The Morgan fingerprint density at radius 2 is 0.500 bits per heavy atom. The summed E-state index contributed by atoms with van der Waals surface area (Å²) in [5.41, 5.74) is 3.15. The van der Waals surface area contributed by atoms with Crippen LogP contribution in [0.25, 0.3) is 21.5 Å². The predicted octanol–water partition coefficient (Wildman–Crippen LogP) is 8.52. The van der Waals surface area contributed by atoms with E-state index in [2.05, 4.69) is 48.5 Å². The van der Waals surface area contributed by atoms with Gasteiger partial charge in [0.15, 0.2) is 0 Å². The molecule has 0 saturated heterocycles. The number of benzene rings is 6. The van der Waals surface area contributed by atoms with Crippen molar-refractivity contribution in [2.75, 3.05) is 12.3 Å². The molecule has 10 rings (SSSR count). The van der Waals surface area contributed by atoms with E-state index in [1.165, 1.54) is 0 Å². The third-order valence-electron chi connectivity index (χ3n) is 11.3. The van der Waals surface area contributed by atoms with Crippen molar-refractivity contribution in [3.05, 3.63) is 234 Å². The molecule has 6 aromatic carbocycles. The van der Waals surface area contributed by atoms with Gasteiger partial charge in [0, 0.05) is 0 Å². The highest BCUT2D eigenvalue weighted by molar-refractivity contribution is 7.62.